The molecule has 0 aliphatic carbocycles. The molecule has 1 unspecified atom stereocenters. The van der Waals surface area contributed by atoms with Crippen LogP contribution in [0.3, 0.4) is 0 Å². The summed E-state index contributed by atoms with van der Waals surface area (Å²) in [5.41, 5.74) is 2.28. The van der Waals surface area contributed by atoms with Crippen molar-refractivity contribution in [3.63, 3.8) is 0 Å². The van der Waals surface area contributed by atoms with Crippen LogP contribution < -0.4 is 4.90 Å². The van der Waals surface area contributed by atoms with E-state index in [2.05, 4.69) is 26.0 Å². The molecule has 0 spiro atoms. The summed E-state index contributed by atoms with van der Waals surface area (Å²) in [7, 11) is 0. The van der Waals surface area contributed by atoms with Gasteiger partial charge in [-0.3, -0.25) is 0 Å². The van der Waals surface area contributed by atoms with Crippen molar-refractivity contribution < 1.29 is 9.90 Å². The van der Waals surface area contributed by atoms with Crippen molar-refractivity contribution >= 4 is 11.7 Å². The zero-order chi connectivity index (χ0) is 13.5. The largest absolute Gasteiger partial charge is 0.480 e. The highest BCUT2D eigenvalue weighted by atomic mass is 16.4. The summed E-state index contributed by atoms with van der Waals surface area (Å²) in [5.74, 6) is -0.745. The Morgan fingerprint density at radius 2 is 1.83 bits per heavy atom. The minimum Gasteiger partial charge on any atom is -0.480 e. The van der Waals surface area contributed by atoms with Gasteiger partial charge in [0.25, 0.3) is 0 Å². The van der Waals surface area contributed by atoms with Crippen LogP contribution in [0.2, 0.25) is 0 Å². The minimum atomic E-state index is -0.745. The van der Waals surface area contributed by atoms with Crippen LogP contribution in [0, 0.1) is 0 Å². The van der Waals surface area contributed by atoms with Gasteiger partial charge in [0.05, 0.1) is 0 Å². The second kappa shape index (κ2) is 7.04. The molecule has 0 amide bonds. The zero-order valence-electron chi connectivity index (χ0n) is 11.5. The second-order valence-electron chi connectivity index (χ2n) is 4.48. The molecule has 18 heavy (non-hydrogen) atoms. The maximum absolute atomic E-state index is 11.3. The number of nitrogens with zero attached hydrogens (tertiary/aromatic N) is 1. The lowest BCUT2D eigenvalue weighted by atomic mass is 10.1. The van der Waals surface area contributed by atoms with Crippen molar-refractivity contribution in [3.05, 3.63) is 29.8 Å². The molecule has 0 radical (unpaired) electrons. The van der Waals surface area contributed by atoms with Crippen LogP contribution in [0.5, 0.6) is 0 Å². The Kier molecular flexibility index (Phi) is 5.69. The third-order valence-corrected chi connectivity index (χ3v) is 3.19. The van der Waals surface area contributed by atoms with Crippen LogP contribution >= 0.6 is 0 Å². The molecular weight excluding hydrogens is 226 g/mol. The van der Waals surface area contributed by atoms with Gasteiger partial charge in [0, 0.05) is 12.2 Å². The molecule has 1 atom stereocenters. The fourth-order valence-electron chi connectivity index (χ4n) is 2.16. The number of anilines is 1. The number of aliphatic carboxylic acids is 1. The standard InChI is InChI=1S/C15H23NO2/c1-4-11-16(14(6-3)15(17)18)13-9-7-12(5-2)8-10-13/h7-10,14H,4-6,11H2,1-3H3,(H,17,18). The predicted octanol–water partition coefficient (Wildman–Crippen LogP) is 3.33. The highest BCUT2D eigenvalue weighted by Gasteiger charge is 2.23. The van der Waals surface area contributed by atoms with E-state index in [-0.39, 0.29) is 0 Å². The van der Waals surface area contributed by atoms with Gasteiger partial charge in [-0.1, -0.05) is 32.9 Å². The van der Waals surface area contributed by atoms with Crippen LogP contribution in [0.25, 0.3) is 0 Å². The molecule has 3 nitrogen and oxygen atoms in total. The summed E-state index contributed by atoms with van der Waals surface area (Å²) in [4.78, 5) is 13.3. The van der Waals surface area contributed by atoms with E-state index in [0.717, 1.165) is 25.1 Å². The molecule has 1 rings (SSSR count). The number of hydrogen-bond acceptors (Lipinski definition) is 2. The zero-order valence-corrected chi connectivity index (χ0v) is 11.5. The van der Waals surface area contributed by atoms with Gasteiger partial charge in [0.2, 0.25) is 0 Å². The molecule has 0 heterocycles. The van der Waals surface area contributed by atoms with Gasteiger partial charge < -0.3 is 10.0 Å². The number of rotatable bonds is 7. The Morgan fingerprint density at radius 1 is 1.22 bits per heavy atom. The highest BCUT2D eigenvalue weighted by molar-refractivity contribution is 5.78. The average molecular weight is 249 g/mol. The van der Waals surface area contributed by atoms with E-state index in [9.17, 15) is 9.90 Å². The first-order valence-electron chi connectivity index (χ1n) is 6.72. The number of hydrogen-bond donors (Lipinski definition) is 1. The Morgan fingerprint density at radius 3 is 2.22 bits per heavy atom. The van der Waals surface area contributed by atoms with Gasteiger partial charge >= 0.3 is 5.97 Å². The van der Waals surface area contributed by atoms with Crippen molar-refractivity contribution in [2.24, 2.45) is 0 Å². The lowest BCUT2D eigenvalue weighted by Gasteiger charge is -2.30. The molecular formula is C15H23NO2. The van der Waals surface area contributed by atoms with Crippen molar-refractivity contribution in [2.45, 2.75) is 46.1 Å². The van der Waals surface area contributed by atoms with E-state index < -0.39 is 12.0 Å². The van der Waals surface area contributed by atoms with E-state index in [1.807, 2.05) is 24.0 Å². The number of carboxylic acids is 1. The highest BCUT2D eigenvalue weighted by Crippen LogP contribution is 2.20. The maximum Gasteiger partial charge on any atom is 0.326 e. The summed E-state index contributed by atoms with van der Waals surface area (Å²) >= 11 is 0. The predicted molar refractivity (Wildman–Crippen MR) is 75.2 cm³/mol. The van der Waals surface area contributed by atoms with Gasteiger partial charge in [0.1, 0.15) is 6.04 Å². The van der Waals surface area contributed by atoms with Gasteiger partial charge in [-0.05, 0) is 37.0 Å². The van der Waals surface area contributed by atoms with Crippen LogP contribution in [0.15, 0.2) is 24.3 Å². The van der Waals surface area contributed by atoms with Gasteiger partial charge in [-0.2, -0.15) is 0 Å². The smallest absolute Gasteiger partial charge is 0.326 e. The van der Waals surface area contributed by atoms with Gasteiger partial charge in [-0.25, -0.2) is 4.79 Å². The Bertz CT molecular complexity index is 373. The Balaban J connectivity index is 2.98. The van der Waals surface area contributed by atoms with Gasteiger partial charge in [0.15, 0.2) is 0 Å². The summed E-state index contributed by atoms with van der Waals surface area (Å²) in [6.45, 7) is 6.88. The van der Waals surface area contributed by atoms with E-state index in [4.69, 9.17) is 0 Å². The lowest BCUT2D eigenvalue weighted by Crippen LogP contribution is -2.41. The summed E-state index contributed by atoms with van der Waals surface area (Å²) in [6, 6.07) is 7.77. The van der Waals surface area contributed by atoms with Crippen molar-refractivity contribution in [1.29, 1.82) is 0 Å². The van der Waals surface area contributed by atoms with E-state index in [0.29, 0.717) is 6.42 Å². The van der Waals surface area contributed by atoms with Crippen LogP contribution in [-0.4, -0.2) is 23.7 Å². The number of benzene rings is 1. The van der Waals surface area contributed by atoms with Crippen molar-refractivity contribution in [1.82, 2.24) is 0 Å². The molecule has 0 fully saturated rings. The third-order valence-electron chi connectivity index (χ3n) is 3.19. The van der Waals surface area contributed by atoms with Crippen LogP contribution in [0.1, 0.15) is 39.2 Å². The summed E-state index contributed by atoms with van der Waals surface area (Å²) < 4.78 is 0. The van der Waals surface area contributed by atoms with Gasteiger partial charge in [-0.15, -0.1) is 0 Å². The summed E-state index contributed by atoms with van der Waals surface area (Å²) in [6.07, 6.45) is 2.56. The number of carbonyl (C=O) groups is 1. The molecule has 0 saturated carbocycles. The first kappa shape index (κ1) is 14.6. The quantitative estimate of drug-likeness (QED) is 0.805. The van der Waals surface area contributed by atoms with Crippen molar-refractivity contribution in [2.75, 3.05) is 11.4 Å². The second-order valence-corrected chi connectivity index (χ2v) is 4.48. The van der Waals surface area contributed by atoms with Crippen molar-refractivity contribution in [3.8, 4) is 0 Å². The van der Waals surface area contributed by atoms with E-state index >= 15 is 0 Å². The lowest BCUT2D eigenvalue weighted by molar-refractivity contribution is -0.138. The molecule has 1 N–H and O–H groups in total. The summed E-state index contributed by atoms with van der Waals surface area (Å²) in [5, 5.41) is 9.29. The van der Waals surface area contributed by atoms with Crippen LogP contribution in [0.4, 0.5) is 5.69 Å². The van der Waals surface area contributed by atoms with Crippen LogP contribution in [-0.2, 0) is 11.2 Å². The molecule has 0 aliphatic heterocycles. The molecule has 1 aromatic rings. The molecule has 0 aromatic heterocycles. The topological polar surface area (TPSA) is 40.5 Å². The molecule has 1 aromatic carbocycles. The fourth-order valence-corrected chi connectivity index (χ4v) is 2.16. The van der Waals surface area contributed by atoms with E-state index in [1.54, 1.807) is 0 Å². The van der Waals surface area contributed by atoms with E-state index in [1.165, 1.54) is 5.56 Å². The maximum atomic E-state index is 11.3. The minimum absolute atomic E-state index is 0.433. The fraction of sp³-hybridized carbons (Fsp3) is 0.533. The monoisotopic (exact) mass is 249 g/mol. The molecule has 100 valence electrons. The first-order chi connectivity index (χ1) is 8.63. The molecule has 0 aliphatic rings. The Labute approximate surface area is 109 Å². The normalized spacial score (nSPS) is 12.2. The SMILES string of the molecule is CCCN(c1ccc(CC)cc1)C(CC)C(=O)O. The number of carboxylic acid groups (broad SMARTS) is 1. The molecule has 0 saturated heterocycles. The third kappa shape index (κ3) is 3.49. The molecule has 0 bridgehead atoms. The first-order valence-corrected chi connectivity index (χ1v) is 6.72. The average Bonchev–Trinajstić information content (AvgIpc) is 2.38. The number of aryl methyl sites for hydroxylation is 1. The Hall–Kier alpha value is -1.51. The molecule has 3 heteroatoms.